The van der Waals surface area contributed by atoms with Crippen molar-refractivity contribution in [2.24, 2.45) is 0 Å². The molecule has 3 heterocycles. The number of anilines is 1. The van der Waals surface area contributed by atoms with Gasteiger partial charge in [0.2, 0.25) is 11.9 Å². The third-order valence-electron chi connectivity index (χ3n) is 6.01. The van der Waals surface area contributed by atoms with Gasteiger partial charge < -0.3 is 14.6 Å². The molecule has 5 rings (SSSR count). The molecule has 8 nitrogen and oxygen atoms in total. The van der Waals surface area contributed by atoms with Crippen LogP contribution in [0.5, 0.6) is 0 Å². The predicted octanol–water partition coefficient (Wildman–Crippen LogP) is 3.74. The molecule has 1 aliphatic heterocycles. The zero-order valence-corrected chi connectivity index (χ0v) is 19.3. The maximum absolute atomic E-state index is 12.8. The summed E-state index contributed by atoms with van der Waals surface area (Å²) in [5.41, 5.74) is 5.29. The number of aromatic amines is 1. The average Bonchev–Trinajstić information content (AvgIpc) is 3.22. The Morgan fingerprint density at radius 3 is 2.82 bits per heavy atom. The van der Waals surface area contributed by atoms with Crippen molar-refractivity contribution in [3.63, 3.8) is 0 Å². The number of benzene rings is 2. The molecule has 9 heteroatoms. The Bertz CT molecular complexity index is 1380. The summed E-state index contributed by atoms with van der Waals surface area (Å²) in [6.07, 6.45) is 4.34. The third-order valence-corrected chi connectivity index (χ3v) is 6.26. The number of aryl methyl sites for hydroxylation is 1. The van der Waals surface area contributed by atoms with Gasteiger partial charge in [-0.15, -0.1) is 0 Å². The number of oxazole rings is 1. The number of amides is 1. The van der Waals surface area contributed by atoms with Crippen molar-refractivity contribution in [2.45, 2.75) is 32.2 Å². The van der Waals surface area contributed by atoms with E-state index >= 15 is 0 Å². The molecule has 0 saturated carbocycles. The van der Waals surface area contributed by atoms with E-state index in [9.17, 15) is 9.59 Å². The van der Waals surface area contributed by atoms with E-state index in [1.807, 2.05) is 41.4 Å². The van der Waals surface area contributed by atoms with Crippen LogP contribution in [0, 0.1) is 0 Å². The van der Waals surface area contributed by atoms with Crippen molar-refractivity contribution in [1.82, 2.24) is 19.9 Å². The van der Waals surface area contributed by atoms with Crippen LogP contribution in [0.1, 0.15) is 28.8 Å². The first-order valence-corrected chi connectivity index (χ1v) is 11.6. The van der Waals surface area contributed by atoms with Gasteiger partial charge >= 0.3 is 5.76 Å². The fourth-order valence-electron chi connectivity index (χ4n) is 4.14. The number of halogens is 1. The maximum Gasteiger partial charge on any atom is 0.417 e. The number of aromatic nitrogens is 3. The highest BCUT2D eigenvalue weighted by Crippen LogP contribution is 2.20. The Kier molecular flexibility index (Phi) is 6.31. The second kappa shape index (κ2) is 9.69. The molecule has 1 aliphatic rings. The second-order valence-corrected chi connectivity index (χ2v) is 8.82. The topological polar surface area (TPSA) is 104 Å². The van der Waals surface area contributed by atoms with Gasteiger partial charge in [0.15, 0.2) is 5.58 Å². The smallest absolute Gasteiger partial charge is 0.408 e. The van der Waals surface area contributed by atoms with Gasteiger partial charge in [-0.2, -0.15) is 0 Å². The zero-order valence-electron chi connectivity index (χ0n) is 18.5. The number of carbonyl (C=O) groups excluding carboxylic acids is 1. The van der Waals surface area contributed by atoms with Crippen LogP contribution in [0.25, 0.3) is 11.1 Å². The summed E-state index contributed by atoms with van der Waals surface area (Å²) >= 11 is 5.93. The standard InChI is InChI=1S/C25H24ClN5O3/c26-19-5-1-16(2-6-19)9-11-27-24-28-14-18-15-31(12-10-20(18)29-24)23(32)8-4-17-3-7-21-22(13-17)34-25(33)30-21/h1-3,5-7,13-14H,4,8-12,15H2,(H,30,33)(H,27,28,29). The summed E-state index contributed by atoms with van der Waals surface area (Å²) in [5, 5.41) is 4.01. The van der Waals surface area contributed by atoms with Crippen LogP contribution in [0.15, 0.2) is 57.9 Å². The van der Waals surface area contributed by atoms with Gasteiger partial charge in [0, 0.05) is 49.3 Å². The van der Waals surface area contributed by atoms with Gasteiger partial charge in [-0.05, 0) is 48.2 Å². The monoisotopic (exact) mass is 477 g/mol. The first kappa shape index (κ1) is 22.2. The summed E-state index contributed by atoms with van der Waals surface area (Å²) in [5.74, 6) is 0.225. The van der Waals surface area contributed by atoms with Crippen molar-refractivity contribution in [3.8, 4) is 0 Å². The van der Waals surface area contributed by atoms with Crippen molar-refractivity contribution in [2.75, 3.05) is 18.4 Å². The molecular weight excluding hydrogens is 454 g/mol. The van der Waals surface area contributed by atoms with E-state index in [2.05, 4.69) is 20.3 Å². The molecule has 2 aromatic heterocycles. The van der Waals surface area contributed by atoms with Crippen LogP contribution in [0.4, 0.5) is 5.95 Å². The lowest BCUT2D eigenvalue weighted by Crippen LogP contribution is -2.36. The van der Waals surface area contributed by atoms with Crippen LogP contribution in [0.2, 0.25) is 5.02 Å². The van der Waals surface area contributed by atoms with E-state index in [0.717, 1.165) is 34.8 Å². The molecule has 2 aromatic carbocycles. The lowest BCUT2D eigenvalue weighted by Gasteiger charge is -2.28. The number of carbonyl (C=O) groups is 1. The summed E-state index contributed by atoms with van der Waals surface area (Å²) in [6.45, 7) is 1.88. The summed E-state index contributed by atoms with van der Waals surface area (Å²) in [7, 11) is 0. The summed E-state index contributed by atoms with van der Waals surface area (Å²) in [4.78, 5) is 37.7. The summed E-state index contributed by atoms with van der Waals surface area (Å²) in [6, 6.07) is 13.3. The second-order valence-electron chi connectivity index (χ2n) is 8.38. The number of nitrogens with one attached hydrogen (secondary N) is 2. The number of rotatable bonds is 7. The molecule has 0 spiro atoms. The van der Waals surface area contributed by atoms with Crippen LogP contribution in [0.3, 0.4) is 0 Å². The van der Waals surface area contributed by atoms with Gasteiger partial charge in [-0.3, -0.25) is 9.78 Å². The maximum atomic E-state index is 12.8. The molecule has 0 fully saturated rings. The van der Waals surface area contributed by atoms with Gasteiger partial charge in [0.1, 0.15) is 0 Å². The van der Waals surface area contributed by atoms with Crippen LogP contribution in [-0.4, -0.2) is 38.8 Å². The molecule has 1 amide bonds. The molecule has 0 aliphatic carbocycles. The number of hydrogen-bond donors (Lipinski definition) is 2. The SMILES string of the molecule is O=C(CCc1ccc2[nH]c(=O)oc2c1)N1CCc2nc(NCCc3ccc(Cl)cc3)ncc2C1. The van der Waals surface area contributed by atoms with Gasteiger partial charge in [0.05, 0.1) is 11.2 Å². The molecule has 0 radical (unpaired) electrons. The highest BCUT2D eigenvalue weighted by Gasteiger charge is 2.22. The molecule has 174 valence electrons. The van der Waals surface area contributed by atoms with Crippen LogP contribution >= 0.6 is 11.6 Å². The Labute approximate surface area is 201 Å². The van der Waals surface area contributed by atoms with E-state index in [-0.39, 0.29) is 5.91 Å². The Morgan fingerprint density at radius 1 is 1.15 bits per heavy atom. The number of hydrogen-bond acceptors (Lipinski definition) is 6. The van der Waals surface area contributed by atoms with Crippen LogP contribution < -0.4 is 11.1 Å². The van der Waals surface area contributed by atoms with Gasteiger partial charge in [0.25, 0.3) is 0 Å². The Hall–Kier alpha value is -3.65. The highest BCUT2D eigenvalue weighted by atomic mass is 35.5. The van der Waals surface area contributed by atoms with E-state index in [0.29, 0.717) is 49.4 Å². The molecule has 0 saturated heterocycles. The number of nitrogens with zero attached hydrogens (tertiary/aromatic N) is 3. The normalized spacial score (nSPS) is 13.1. The number of fused-ring (bicyclic) bond motifs is 2. The van der Waals surface area contributed by atoms with E-state index in [1.165, 1.54) is 5.56 Å². The lowest BCUT2D eigenvalue weighted by atomic mass is 10.1. The van der Waals surface area contributed by atoms with E-state index in [4.69, 9.17) is 16.0 Å². The molecule has 0 atom stereocenters. The predicted molar refractivity (Wildman–Crippen MR) is 130 cm³/mol. The number of H-pyrrole nitrogens is 1. The van der Waals surface area contributed by atoms with Crippen LogP contribution in [-0.2, 0) is 30.6 Å². The minimum atomic E-state index is -0.475. The largest absolute Gasteiger partial charge is 0.417 e. The first-order chi connectivity index (χ1) is 16.5. The van der Waals surface area contributed by atoms with Gasteiger partial charge in [-0.25, -0.2) is 14.8 Å². The van der Waals surface area contributed by atoms with Crippen molar-refractivity contribution >= 4 is 34.6 Å². The Morgan fingerprint density at radius 2 is 1.97 bits per heavy atom. The molecule has 4 aromatic rings. The van der Waals surface area contributed by atoms with E-state index < -0.39 is 5.76 Å². The average molecular weight is 478 g/mol. The first-order valence-electron chi connectivity index (χ1n) is 11.3. The summed E-state index contributed by atoms with van der Waals surface area (Å²) < 4.78 is 5.10. The molecule has 34 heavy (non-hydrogen) atoms. The molecular formula is C25H24ClN5O3. The molecule has 0 unspecified atom stereocenters. The molecule has 2 N–H and O–H groups in total. The highest BCUT2D eigenvalue weighted by molar-refractivity contribution is 6.30. The van der Waals surface area contributed by atoms with E-state index in [1.54, 1.807) is 12.1 Å². The van der Waals surface area contributed by atoms with Gasteiger partial charge in [-0.1, -0.05) is 29.8 Å². The van der Waals surface area contributed by atoms with Crippen molar-refractivity contribution in [3.05, 3.63) is 86.6 Å². The quantitative estimate of drug-likeness (QED) is 0.420. The minimum Gasteiger partial charge on any atom is -0.408 e. The fraction of sp³-hybridized carbons (Fsp3) is 0.280. The van der Waals surface area contributed by atoms with Crippen molar-refractivity contribution in [1.29, 1.82) is 0 Å². The van der Waals surface area contributed by atoms with Crippen molar-refractivity contribution < 1.29 is 9.21 Å². The minimum absolute atomic E-state index is 0.0893. The Balaban J connectivity index is 1.13. The third kappa shape index (κ3) is 5.12. The lowest BCUT2D eigenvalue weighted by molar-refractivity contribution is -0.132. The zero-order chi connectivity index (χ0) is 23.5. The fourth-order valence-corrected chi connectivity index (χ4v) is 4.26. The molecule has 0 bridgehead atoms.